The van der Waals surface area contributed by atoms with Crippen molar-refractivity contribution in [3.05, 3.63) is 64.7 Å². The third kappa shape index (κ3) is 4.84. The van der Waals surface area contributed by atoms with Crippen molar-refractivity contribution in [2.75, 3.05) is 46.0 Å². The van der Waals surface area contributed by atoms with E-state index >= 15 is 0 Å². The van der Waals surface area contributed by atoms with Gasteiger partial charge in [-0.25, -0.2) is 4.39 Å². The van der Waals surface area contributed by atoms with Crippen molar-refractivity contribution in [2.24, 2.45) is 5.92 Å². The highest BCUT2D eigenvalue weighted by molar-refractivity contribution is 5.47. The number of alkyl halides is 2. The van der Waals surface area contributed by atoms with Gasteiger partial charge in [-0.2, -0.15) is 0 Å². The molecule has 2 aromatic carbocycles. The van der Waals surface area contributed by atoms with Crippen LogP contribution in [0.5, 0.6) is 5.75 Å². The van der Waals surface area contributed by atoms with Gasteiger partial charge in [0, 0.05) is 38.6 Å². The van der Waals surface area contributed by atoms with Gasteiger partial charge in [-0.1, -0.05) is 35.9 Å². The van der Waals surface area contributed by atoms with E-state index in [9.17, 15) is 8.78 Å². The van der Waals surface area contributed by atoms with Gasteiger partial charge in [-0.05, 0) is 62.9 Å². The Morgan fingerprint density at radius 2 is 1.84 bits per heavy atom. The molecule has 2 aliphatic rings. The van der Waals surface area contributed by atoms with Crippen molar-refractivity contribution in [2.45, 2.75) is 45.3 Å². The lowest BCUT2D eigenvalue weighted by Gasteiger charge is -2.48. The van der Waals surface area contributed by atoms with E-state index in [0.29, 0.717) is 13.2 Å². The van der Waals surface area contributed by atoms with Crippen molar-refractivity contribution >= 4 is 0 Å². The quantitative estimate of drug-likeness (QED) is 0.563. The summed E-state index contributed by atoms with van der Waals surface area (Å²) in [6.45, 7) is 11.7. The third-order valence-electron chi connectivity index (χ3n) is 6.98. The maximum atomic E-state index is 14.7. The molecule has 0 amide bonds. The molecule has 0 radical (unpaired) electrons. The summed E-state index contributed by atoms with van der Waals surface area (Å²) < 4.78 is 33.2. The predicted molar refractivity (Wildman–Crippen MR) is 126 cm³/mol. The predicted octanol–water partition coefficient (Wildman–Crippen LogP) is 5.14. The van der Waals surface area contributed by atoms with Gasteiger partial charge in [0.25, 0.3) is 0 Å². The maximum absolute atomic E-state index is 14.7. The molecule has 32 heavy (non-hydrogen) atoms. The number of halogens is 2. The Kier molecular flexibility index (Phi) is 6.60. The molecule has 1 unspecified atom stereocenters. The molecular formula is C27H36F2N2O. The average molecular weight is 443 g/mol. The summed E-state index contributed by atoms with van der Waals surface area (Å²) >= 11 is 0. The van der Waals surface area contributed by atoms with E-state index in [0.717, 1.165) is 43.9 Å². The normalized spacial score (nSPS) is 22.4. The van der Waals surface area contributed by atoms with E-state index in [1.54, 1.807) is 13.8 Å². The molecule has 0 spiro atoms. The van der Waals surface area contributed by atoms with Crippen LogP contribution in [0.1, 0.15) is 43.0 Å². The molecule has 1 saturated heterocycles. The van der Waals surface area contributed by atoms with Gasteiger partial charge in [-0.15, -0.1) is 0 Å². The zero-order valence-corrected chi connectivity index (χ0v) is 19.8. The molecule has 0 bridgehead atoms. The van der Waals surface area contributed by atoms with E-state index in [-0.39, 0.29) is 12.6 Å². The first-order chi connectivity index (χ1) is 15.2. The number of benzene rings is 2. The molecule has 3 nitrogen and oxygen atoms in total. The van der Waals surface area contributed by atoms with Crippen LogP contribution >= 0.6 is 0 Å². The second kappa shape index (κ2) is 9.11. The summed E-state index contributed by atoms with van der Waals surface area (Å²) in [4.78, 5) is 4.50. The molecule has 1 atom stereocenters. The zero-order valence-electron chi connectivity index (χ0n) is 19.8. The van der Waals surface area contributed by atoms with Crippen LogP contribution in [0, 0.1) is 12.8 Å². The van der Waals surface area contributed by atoms with E-state index in [1.165, 1.54) is 16.7 Å². The van der Waals surface area contributed by atoms with Gasteiger partial charge in [0.2, 0.25) is 0 Å². The van der Waals surface area contributed by atoms with Gasteiger partial charge in [0.1, 0.15) is 18.0 Å². The Morgan fingerprint density at radius 1 is 1.12 bits per heavy atom. The van der Waals surface area contributed by atoms with Crippen molar-refractivity contribution < 1.29 is 13.5 Å². The number of rotatable bonds is 8. The van der Waals surface area contributed by atoms with Gasteiger partial charge >= 0.3 is 0 Å². The maximum Gasteiger partial charge on any atom is 0.119 e. The molecule has 2 heterocycles. The molecule has 5 heteroatoms. The van der Waals surface area contributed by atoms with Gasteiger partial charge in [-0.3, -0.25) is 14.2 Å². The number of hydrogen-bond donors (Lipinski definition) is 0. The molecule has 0 aromatic heterocycles. The van der Waals surface area contributed by atoms with Crippen molar-refractivity contribution in [1.29, 1.82) is 0 Å². The molecule has 174 valence electrons. The lowest BCUT2D eigenvalue weighted by atomic mass is 9.76. The van der Waals surface area contributed by atoms with E-state index in [4.69, 9.17) is 4.74 Å². The molecule has 2 aromatic rings. The van der Waals surface area contributed by atoms with Crippen LogP contribution in [0.25, 0.3) is 0 Å². The minimum Gasteiger partial charge on any atom is -0.492 e. The van der Waals surface area contributed by atoms with E-state index in [1.807, 2.05) is 12.1 Å². The Hall–Kier alpha value is -1.98. The monoisotopic (exact) mass is 442 g/mol. The zero-order chi connectivity index (χ0) is 22.9. The first-order valence-electron chi connectivity index (χ1n) is 11.7. The Bertz CT molecular complexity index is 918. The largest absolute Gasteiger partial charge is 0.492 e. The number of aryl methyl sites for hydroxylation is 1. The highest BCUT2D eigenvalue weighted by Gasteiger charge is 2.42. The Morgan fingerprint density at radius 3 is 2.50 bits per heavy atom. The first kappa shape index (κ1) is 23.2. The van der Waals surface area contributed by atoms with Crippen LogP contribution in [-0.2, 0) is 12.0 Å². The summed E-state index contributed by atoms with van der Waals surface area (Å²) in [5.41, 5.74) is 3.34. The van der Waals surface area contributed by atoms with Crippen LogP contribution in [0.3, 0.4) is 0 Å². The molecule has 1 fully saturated rings. The number of fused-ring (bicyclic) bond motifs is 1. The molecule has 2 aliphatic heterocycles. The highest BCUT2D eigenvalue weighted by atomic mass is 19.1. The average Bonchev–Trinajstić information content (AvgIpc) is 2.71. The van der Waals surface area contributed by atoms with E-state index in [2.05, 4.69) is 54.0 Å². The summed E-state index contributed by atoms with van der Waals surface area (Å²) in [5, 5.41) is 0. The highest BCUT2D eigenvalue weighted by Crippen LogP contribution is 2.42. The topological polar surface area (TPSA) is 15.7 Å². The molecule has 0 N–H and O–H groups in total. The Labute approximate surface area is 191 Å². The van der Waals surface area contributed by atoms with Crippen LogP contribution in [0.15, 0.2) is 42.5 Å². The third-order valence-corrected chi connectivity index (χ3v) is 6.98. The fourth-order valence-electron chi connectivity index (χ4n) is 5.21. The molecule has 0 saturated carbocycles. The summed E-state index contributed by atoms with van der Waals surface area (Å²) in [5.74, 6) is 1.03. The number of ether oxygens (including phenoxy) is 1. The van der Waals surface area contributed by atoms with Gasteiger partial charge in [0.05, 0.1) is 12.2 Å². The lowest BCUT2D eigenvalue weighted by Crippen LogP contribution is -2.53. The first-order valence-corrected chi connectivity index (χ1v) is 11.7. The minimum absolute atomic E-state index is 0.203. The fraction of sp³-hybridized carbons (Fsp3) is 0.556. The summed E-state index contributed by atoms with van der Waals surface area (Å²) in [7, 11) is 0. The van der Waals surface area contributed by atoms with Crippen LogP contribution in [-0.4, -0.2) is 61.5 Å². The molecular weight excluding hydrogens is 406 g/mol. The van der Waals surface area contributed by atoms with Crippen molar-refractivity contribution in [1.82, 2.24) is 9.80 Å². The van der Waals surface area contributed by atoms with Crippen LogP contribution < -0.4 is 4.74 Å². The summed E-state index contributed by atoms with van der Waals surface area (Å²) in [6.07, 6.45) is 0.934. The summed E-state index contributed by atoms with van der Waals surface area (Å²) in [6, 6.07) is 14.9. The van der Waals surface area contributed by atoms with Crippen LogP contribution in [0.2, 0.25) is 0 Å². The van der Waals surface area contributed by atoms with Crippen molar-refractivity contribution in [3.63, 3.8) is 0 Å². The van der Waals surface area contributed by atoms with Crippen molar-refractivity contribution in [3.8, 4) is 5.75 Å². The fourth-order valence-corrected chi connectivity index (χ4v) is 5.21. The van der Waals surface area contributed by atoms with Crippen LogP contribution in [0.4, 0.5) is 8.78 Å². The second-order valence-electron chi connectivity index (χ2n) is 10.3. The number of hydrogen-bond acceptors (Lipinski definition) is 3. The SMILES string of the molecule is Cc1ccc2c(c1)CCN(CC(C)(C)F)C2(C)c1ccc(OCCN2CC(CF)C2)cc1. The lowest BCUT2D eigenvalue weighted by molar-refractivity contribution is 0.0540. The van der Waals surface area contributed by atoms with Gasteiger partial charge < -0.3 is 4.74 Å². The van der Waals surface area contributed by atoms with Gasteiger partial charge in [0.15, 0.2) is 0 Å². The Balaban J connectivity index is 1.52. The minimum atomic E-state index is -1.27. The smallest absolute Gasteiger partial charge is 0.119 e. The standard InChI is InChI=1S/C27H36F2N2O/c1-20-5-10-25-22(15-20)11-12-31(19-26(2,3)29)27(25,4)23-6-8-24(9-7-23)32-14-13-30-17-21(16-28)18-30/h5-10,15,21H,11-14,16-19H2,1-4H3. The second-order valence-corrected chi connectivity index (χ2v) is 10.3. The van der Waals surface area contributed by atoms with E-state index < -0.39 is 11.2 Å². The number of likely N-dealkylation sites (tertiary alicyclic amines) is 1. The number of nitrogens with zero attached hydrogens (tertiary/aromatic N) is 2. The molecule has 4 rings (SSSR count). The molecule has 0 aliphatic carbocycles.